The molecule has 1 aromatic heterocycles. The van der Waals surface area contributed by atoms with Crippen molar-refractivity contribution < 1.29 is 30.9 Å². The zero-order valence-electron chi connectivity index (χ0n) is 21.4. The maximum Gasteiger partial charge on any atom is 0.339 e. The lowest BCUT2D eigenvalue weighted by molar-refractivity contribution is 0.201. The van der Waals surface area contributed by atoms with E-state index >= 15 is 0 Å². The summed E-state index contributed by atoms with van der Waals surface area (Å²) >= 11 is 0. The summed E-state index contributed by atoms with van der Waals surface area (Å²) in [4.78, 5) is 14.8. The molecule has 0 fully saturated rings. The van der Waals surface area contributed by atoms with Crippen molar-refractivity contribution in [1.29, 1.82) is 0 Å². The second kappa shape index (κ2) is 11.5. The zero-order valence-corrected chi connectivity index (χ0v) is 22.2. The first-order chi connectivity index (χ1) is 19.3. The summed E-state index contributed by atoms with van der Waals surface area (Å²) in [5.74, 6) is 0.0952. The second-order valence-corrected chi connectivity index (χ2v) is 10.4. The third-order valence-electron chi connectivity index (χ3n) is 6.15. The Hall–Kier alpha value is -4.83. The first-order valence-electron chi connectivity index (χ1n) is 12.3. The fraction of sp³-hybridized carbons (Fsp3) is 0.100. The Balaban J connectivity index is 1.42. The van der Waals surface area contributed by atoms with Crippen LogP contribution in [0.4, 0.5) is 14.9 Å². The van der Waals surface area contributed by atoms with E-state index in [1.165, 1.54) is 24.3 Å². The number of furan rings is 1. The van der Waals surface area contributed by atoms with Crippen molar-refractivity contribution >= 4 is 32.6 Å². The predicted molar refractivity (Wildman–Crippen MR) is 148 cm³/mol. The Bertz CT molecular complexity index is 1730. The van der Waals surface area contributed by atoms with Gasteiger partial charge in [-0.25, -0.2) is 9.18 Å². The molecule has 1 heterocycles. The van der Waals surface area contributed by atoms with E-state index < -0.39 is 15.9 Å². The number of amides is 2. The molecular formula is C30H25FN2O6S. The number of benzene rings is 4. The van der Waals surface area contributed by atoms with Crippen molar-refractivity contribution in [1.82, 2.24) is 4.90 Å². The van der Waals surface area contributed by atoms with Crippen LogP contribution < -0.4 is 14.2 Å². The molecule has 0 saturated heterocycles. The molecule has 1 N–H and O–H groups in total. The largest absolute Gasteiger partial charge is 0.493 e. The Morgan fingerprint density at radius 2 is 1.68 bits per heavy atom. The van der Waals surface area contributed by atoms with Gasteiger partial charge in [0.25, 0.3) is 0 Å². The Morgan fingerprint density at radius 1 is 0.900 bits per heavy atom. The lowest BCUT2D eigenvalue weighted by Crippen LogP contribution is -2.34. The SMILES string of the molecule is COc1ccc(CN(Cc2ccco2)C(=O)Nc2cccc3ccccc23)cc1OS(=O)(=O)c1ccc(F)cc1. The number of methoxy groups -OCH3 is 1. The van der Waals surface area contributed by atoms with Crippen molar-refractivity contribution in [3.8, 4) is 11.5 Å². The summed E-state index contributed by atoms with van der Waals surface area (Å²) in [6, 6.07) is 25.5. The summed E-state index contributed by atoms with van der Waals surface area (Å²) < 4.78 is 55.2. The number of carbonyl (C=O) groups excluding carboxylic acids is 1. The van der Waals surface area contributed by atoms with Gasteiger partial charge in [-0.2, -0.15) is 8.42 Å². The number of anilines is 1. The van der Waals surface area contributed by atoms with Crippen LogP contribution in [0.25, 0.3) is 10.8 Å². The van der Waals surface area contributed by atoms with Gasteiger partial charge in [-0.05, 0) is 65.5 Å². The average molecular weight is 561 g/mol. The van der Waals surface area contributed by atoms with E-state index in [0.29, 0.717) is 17.0 Å². The number of nitrogens with zero attached hydrogens (tertiary/aromatic N) is 1. The minimum absolute atomic E-state index is 0.0725. The van der Waals surface area contributed by atoms with Crippen LogP contribution in [-0.2, 0) is 23.2 Å². The monoisotopic (exact) mass is 560 g/mol. The first-order valence-corrected chi connectivity index (χ1v) is 13.7. The zero-order chi connectivity index (χ0) is 28.1. The van der Waals surface area contributed by atoms with E-state index in [1.54, 1.807) is 24.3 Å². The van der Waals surface area contributed by atoms with Crippen LogP contribution in [0.15, 0.2) is 113 Å². The molecule has 5 rings (SSSR count). The quantitative estimate of drug-likeness (QED) is 0.205. The van der Waals surface area contributed by atoms with Crippen molar-refractivity contribution in [2.45, 2.75) is 18.0 Å². The van der Waals surface area contributed by atoms with Gasteiger partial charge in [0.15, 0.2) is 11.5 Å². The highest BCUT2D eigenvalue weighted by atomic mass is 32.2. The van der Waals surface area contributed by atoms with Crippen LogP contribution in [-0.4, -0.2) is 26.5 Å². The van der Waals surface area contributed by atoms with Gasteiger partial charge in [-0.15, -0.1) is 0 Å². The highest BCUT2D eigenvalue weighted by molar-refractivity contribution is 7.87. The predicted octanol–water partition coefficient (Wildman–Crippen LogP) is 6.58. The van der Waals surface area contributed by atoms with Gasteiger partial charge in [0.05, 0.1) is 25.6 Å². The van der Waals surface area contributed by atoms with Gasteiger partial charge >= 0.3 is 16.1 Å². The van der Waals surface area contributed by atoms with E-state index in [0.717, 1.165) is 35.0 Å². The molecule has 0 unspecified atom stereocenters. The molecule has 0 saturated carbocycles. The topological polar surface area (TPSA) is 98.1 Å². The van der Waals surface area contributed by atoms with Crippen LogP contribution in [0, 0.1) is 5.82 Å². The third-order valence-corrected chi connectivity index (χ3v) is 7.40. The number of fused-ring (bicyclic) bond motifs is 1. The van der Waals surface area contributed by atoms with Crippen LogP contribution in [0.1, 0.15) is 11.3 Å². The molecule has 0 bridgehead atoms. The van der Waals surface area contributed by atoms with Crippen molar-refractivity contribution in [3.05, 3.63) is 120 Å². The Kier molecular flexibility index (Phi) is 7.70. The fourth-order valence-electron chi connectivity index (χ4n) is 4.19. The number of urea groups is 1. The smallest absolute Gasteiger partial charge is 0.339 e. The van der Waals surface area contributed by atoms with E-state index in [9.17, 15) is 17.6 Å². The highest BCUT2D eigenvalue weighted by Crippen LogP contribution is 2.32. The van der Waals surface area contributed by atoms with E-state index in [-0.39, 0.29) is 35.5 Å². The van der Waals surface area contributed by atoms with Gasteiger partial charge in [0.1, 0.15) is 16.5 Å². The molecule has 204 valence electrons. The molecule has 0 aliphatic carbocycles. The minimum Gasteiger partial charge on any atom is -0.493 e. The number of carbonyl (C=O) groups is 1. The lowest BCUT2D eigenvalue weighted by Gasteiger charge is -2.23. The van der Waals surface area contributed by atoms with E-state index in [2.05, 4.69) is 5.32 Å². The summed E-state index contributed by atoms with van der Waals surface area (Å²) in [7, 11) is -2.90. The summed E-state index contributed by atoms with van der Waals surface area (Å²) in [5.41, 5.74) is 1.22. The number of hydrogen-bond donors (Lipinski definition) is 1. The normalized spacial score (nSPS) is 11.2. The molecule has 5 aromatic rings. The Labute approximate surface area is 230 Å². The average Bonchev–Trinajstić information content (AvgIpc) is 3.46. The molecule has 10 heteroatoms. The number of ether oxygens (including phenoxy) is 1. The van der Waals surface area contributed by atoms with Crippen LogP contribution in [0.3, 0.4) is 0 Å². The molecule has 0 radical (unpaired) electrons. The molecule has 0 spiro atoms. The summed E-state index contributed by atoms with van der Waals surface area (Å²) in [6.45, 7) is 0.244. The molecule has 40 heavy (non-hydrogen) atoms. The van der Waals surface area contributed by atoms with Crippen molar-refractivity contribution in [2.75, 3.05) is 12.4 Å². The maximum atomic E-state index is 13.5. The van der Waals surface area contributed by atoms with Gasteiger partial charge in [-0.1, -0.05) is 42.5 Å². The Morgan fingerprint density at radius 3 is 2.42 bits per heavy atom. The second-order valence-electron chi connectivity index (χ2n) is 8.87. The van der Waals surface area contributed by atoms with Crippen LogP contribution >= 0.6 is 0 Å². The molecule has 0 aliphatic rings. The van der Waals surface area contributed by atoms with Crippen LogP contribution in [0.2, 0.25) is 0 Å². The molecule has 0 atom stereocenters. The molecule has 2 amide bonds. The standard InChI is InChI=1S/C30H25FN2O6S/c1-37-28-16-11-21(18-29(28)39-40(35,36)25-14-12-23(31)13-15-25)19-33(20-24-8-5-17-38-24)30(34)32-27-10-4-7-22-6-2-3-9-26(22)27/h2-18H,19-20H2,1H3,(H,32,34). The molecule has 8 nitrogen and oxygen atoms in total. The van der Waals surface area contributed by atoms with Crippen molar-refractivity contribution in [2.24, 2.45) is 0 Å². The van der Waals surface area contributed by atoms with Gasteiger partial charge in [0, 0.05) is 11.9 Å². The third kappa shape index (κ3) is 6.08. The summed E-state index contributed by atoms with van der Waals surface area (Å²) in [5, 5.41) is 4.86. The minimum atomic E-state index is -4.28. The molecule has 4 aromatic carbocycles. The van der Waals surface area contributed by atoms with Crippen LogP contribution in [0.5, 0.6) is 11.5 Å². The van der Waals surface area contributed by atoms with Crippen molar-refractivity contribution in [3.63, 3.8) is 0 Å². The number of hydrogen-bond acceptors (Lipinski definition) is 6. The molecule has 0 aliphatic heterocycles. The van der Waals surface area contributed by atoms with Gasteiger partial charge < -0.3 is 23.6 Å². The fourth-order valence-corrected chi connectivity index (χ4v) is 5.12. The number of rotatable bonds is 9. The first kappa shape index (κ1) is 26.8. The lowest BCUT2D eigenvalue weighted by atomic mass is 10.1. The van der Waals surface area contributed by atoms with Gasteiger partial charge in [-0.3, -0.25) is 0 Å². The summed E-state index contributed by atoms with van der Waals surface area (Å²) in [6.07, 6.45) is 1.52. The number of nitrogens with one attached hydrogen (secondary N) is 1. The van der Waals surface area contributed by atoms with E-state index in [4.69, 9.17) is 13.3 Å². The molecular weight excluding hydrogens is 535 g/mol. The van der Waals surface area contributed by atoms with Gasteiger partial charge in [0.2, 0.25) is 0 Å². The number of halogens is 1. The maximum absolute atomic E-state index is 13.5. The highest BCUT2D eigenvalue weighted by Gasteiger charge is 2.22. The van der Waals surface area contributed by atoms with E-state index in [1.807, 2.05) is 42.5 Å².